The van der Waals surface area contributed by atoms with Crippen molar-refractivity contribution in [3.8, 4) is 0 Å². The summed E-state index contributed by atoms with van der Waals surface area (Å²) in [5.74, 6) is -0.472. The van der Waals surface area contributed by atoms with Gasteiger partial charge in [-0.25, -0.2) is 4.79 Å². The van der Waals surface area contributed by atoms with Crippen molar-refractivity contribution >= 4 is 12.0 Å². The van der Waals surface area contributed by atoms with E-state index < -0.39 is 12.0 Å². The molecular weight excluding hydrogens is 196 g/mol. The maximum atomic E-state index is 11.4. The number of amides is 2. The van der Waals surface area contributed by atoms with Gasteiger partial charge in [-0.05, 0) is 26.2 Å². The van der Waals surface area contributed by atoms with E-state index in [1.165, 1.54) is 0 Å². The molecule has 15 heavy (non-hydrogen) atoms. The van der Waals surface area contributed by atoms with Crippen LogP contribution in [0.1, 0.15) is 26.2 Å². The Balaban J connectivity index is 2.28. The summed E-state index contributed by atoms with van der Waals surface area (Å²) in [6.07, 6.45) is 2.62. The van der Waals surface area contributed by atoms with Gasteiger partial charge in [0.15, 0.2) is 0 Å². The molecule has 1 N–H and O–H groups in total. The molecule has 0 aromatic rings. The van der Waals surface area contributed by atoms with E-state index in [9.17, 15) is 9.59 Å². The molecule has 1 aliphatic rings. The molecule has 0 radical (unpaired) electrons. The van der Waals surface area contributed by atoms with Crippen LogP contribution in [0.15, 0.2) is 12.2 Å². The first-order chi connectivity index (χ1) is 7.11. The van der Waals surface area contributed by atoms with Crippen LogP contribution in [0.3, 0.4) is 0 Å². The van der Waals surface area contributed by atoms with E-state index >= 15 is 0 Å². The smallest absolute Gasteiger partial charge is 0.321 e. The molecule has 5 nitrogen and oxygen atoms in total. The second kappa shape index (κ2) is 5.38. The number of carbonyl (C=O) groups is 2. The Labute approximate surface area is 89.0 Å². The number of nitrogens with zero attached hydrogens (tertiary/aromatic N) is 1. The van der Waals surface area contributed by atoms with Crippen molar-refractivity contribution in [2.24, 2.45) is 0 Å². The Hall–Kier alpha value is -1.52. The van der Waals surface area contributed by atoms with Crippen LogP contribution < -0.4 is 5.48 Å². The van der Waals surface area contributed by atoms with Crippen LogP contribution in [0.2, 0.25) is 0 Å². The van der Waals surface area contributed by atoms with Crippen molar-refractivity contribution in [3.63, 3.8) is 0 Å². The van der Waals surface area contributed by atoms with Gasteiger partial charge in [0.1, 0.15) is 0 Å². The minimum absolute atomic E-state index is 0.307. The van der Waals surface area contributed by atoms with Crippen LogP contribution >= 0.6 is 0 Å². The molecule has 0 unspecified atom stereocenters. The first kappa shape index (κ1) is 11.6. The molecule has 0 aromatic heterocycles. The highest BCUT2D eigenvalue weighted by molar-refractivity contribution is 5.92. The number of likely N-dealkylation sites (tertiary alicyclic amines) is 1. The summed E-state index contributed by atoms with van der Waals surface area (Å²) in [4.78, 5) is 28.6. The molecular formula is C10H16N2O3. The van der Waals surface area contributed by atoms with Gasteiger partial charge in [-0.3, -0.25) is 4.79 Å². The fraction of sp³-hybridized carbons (Fsp3) is 0.600. The summed E-state index contributed by atoms with van der Waals surface area (Å²) in [5, 5.41) is 0. The van der Waals surface area contributed by atoms with Crippen LogP contribution in [-0.2, 0) is 9.63 Å². The van der Waals surface area contributed by atoms with Crippen molar-refractivity contribution in [1.82, 2.24) is 10.4 Å². The topological polar surface area (TPSA) is 58.6 Å². The summed E-state index contributed by atoms with van der Waals surface area (Å²) in [5.41, 5.74) is 2.36. The lowest BCUT2D eigenvalue weighted by Crippen LogP contribution is -2.40. The molecule has 0 aliphatic carbocycles. The highest BCUT2D eigenvalue weighted by Crippen LogP contribution is 2.09. The minimum atomic E-state index is -0.496. The van der Waals surface area contributed by atoms with E-state index in [1.54, 1.807) is 11.8 Å². The number of rotatable bonds is 1. The van der Waals surface area contributed by atoms with E-state index in [0.717, 1.165) is 19.3 Å². The number of hydroxylamine groups is 1. The van der Waals surface area contributed by atoms with Crippen LogP contribution in [-0.4, -0.2) is 30.0 Å². The molecule has 0 saturated carbocycles. The molecule has 0 spiro atoms. The summed E-state index contributed by atoms with van der Waals surface area (Å²) < 4.78 is 0. The lowest BCUT2D eigenvalue weighted by Gasteiger charge is -2.25. The maximum absolute atomic E-state index is 11.4. The number of hydrogen-bond donors (Lipinski definition) is 1. The van der Waals surface area contributed by atoms with E-state index in [-0.39, 0.29) is 0 Å². The van der Waals surface area contributed by atoms with Gasteiger partial charge in [-0.2, -0.15) is 5.48 Å². The van der Waals surface area contributed by atoms with Crippen molar-refractivity contribution in [2.45, 2.75) is 26.2 Å². The number of piperidine rings is 1. The van der Waals surface area contributed by atoms with E-state index in [2.05, 4.69) is 11.4 Å². The van der Waals surface area contributed by atoms with Gasteiger partial charge in [0.2, 0.25) is 0 Å². The quantitative estimate of drug-likeness (QED) is 0.525. The molecule has 84 valence electrons. The highest BCUT2D eigenvalue weighted by atomic mass is 16.7. The van der Waals surface area contributed by atoms with Crippen molar-refractivity contribution in [1.29, 1.82) is 0 Å². The first-order valence-electron chi connectivity index (χ1n) is 5.03. The molecule has 1 fully saturated rings. The minimum Gasteiger partial charge on any atom is -0.321 e. The van der Waals surface area contributed by atoms with Gasteiger partial charge in [0.25, 0.3) is 5.91 Å². The van der Waals surface area contributed by atoms with Gasteiger partial charge in [0.05, 0.1) is 0 Å². The molecule has 1 aliphatic heterocycles. The van der Waals surface area contributed by atoms with E-state index in [4.69, 9.17) is 0 Å². The van der Waals surface area contributed by atoms with Gasteiger partial charge < -0.3 is 9.74 Å². The standard InChI is InChI=1S/C10H16N2O3/c1-8(2)9(13)11-15-10(14)12-6-4-3-5-7-12/h1,3-7H2,2H3,(H,11,13). The zero-order chi connectivity index (χ0) is 11.3. The lowest BCUT2D eigenvalue weighted by atomic mass is 10.1. The van der Waals surface area contributed by atoms with Crippen LogP contribution in [0, 0.1) is 0 Å². The zero-order valence-corrected chi connectivity index (χ0v) is 8.91. The fourth-order valence-electron chi connectivity index (χ4n) is 1.32. The predicted octanol–water partition coefficient (Wildman–Crippen LogP) is 1.22. The Morgan fingerprint density at radius 1 is 1.27 bits per heavy atom. The highest BCUT2D eigenvalue weighted by Gasteiger charge is 2.18. The van der Waals surface area contributed by atoms with Crippen LogP contribution in [0.4, 0.5) is 4.79 Å². The van der Waals surface area contributed by atoms with Crippen molar-refractivity contribution in [2.75, 3.05) is 13.1 Å². The molecule has 5 heteroatoms. The summed E-state index contributed by atoms with van der Waals surface area (Å²) in [6.45, 7) is 6.37. The van der Waals surface area contributed by atoms with Crippen molar-refractivity contribution < 1.29 is 14.4 Å². The van der Waals surface area contributed by atoms with Gasteiger partial charge in [0, 0.05) is 18.7 Å². The third kappa shape index (κ3) is 3.61. The zero-order valence-electron chi connectivity index (χ0n) is 8.91. The summed E-state index contributed by atoms with van der Waals surface area (Å²) in [6, 6.07) is 0. The second-order valence-electron chi connectivity index (χ2n) is 3.63. The molecule has 1 saturated heterocycles. The molecule has 1 rings (SSSR count). The normalized spacial score (nSPS) is 15.7. The Kier molecular flexibility index (Phi) is 4.15. The number of carbonyl (C=O) groups excluding carboxylic acids is 2. The molecule has 0 aromatic carbocycles. The van der Waals surface area contributed by atoms with Crippen molar-refractivity contribution in [3.05, 3.63) is 12.2 Å². The number of nitrogens with one attached hydrogen (secondary N) is 1. The molecule has 2 amide bonds. The SMILES string of the molecule is C=C(C)C(=O)NOC(=O)N1CCCCC1. The average Bonchev–Trinajstić information content (AvgIpc) is 2.26. The Bertz CT molecular complexity index is 270. The third-order valence-electron chi connectivity index (χ3n) is 2.23. The van der Waals surface area contributed by atoms with Gasteiger partial charge >= 0.3 is 6.09 Å². The predicted molar refractivity (Wildman–Crippen MR) is 54.9 cm³/mol. The van der Waals surface area contributed by atoms with Gasteiger partial charge in [-0.15, -0.1) is 0 Å². The third-order valence-corrected chi connectivity index (χ3v) is 2.23. The molecule has 1 heterocycles. The second-order valence-corrected chi connectivity index (χ2v) is 3.63. The summed E-state index contributed by atoms with van der Waals surface area (Å²) in [7, 11) is 0. The van der Waals surface area contributed by atoms with Crippen LogP contribution in [0.5, 0.6) is 0 Å². The van der Waals surface area contributed by atoms with Crippen LogP contribution in [0.25, 0.3) is 0 Å². The maximum Gasteiger partial charge on any atom is 0.434 e. The molecule has 0 atom stereocenters. The Morgan fingerprint density at radius 2 is 1.87 bits per heavy atom. The molecule has 0 bridgehead atoms. The summed E-state index contributed by atoms with van der Waals surface area (Å²) >= 11 is 0. The fourth-order valence-corrected chi connectivity index (χ4v) is 1.32. The van der Waals surface area contributed by atoms with E-state index in [0.29, 0.717) is 18.7 Å². The Morgan fingerprint density at radius 3 is 2.40 bits per heavy atom. The van der Waals surface area contributed by atoms with E-state index in [1.807, 2.05) is 5.48 Å². The number of hydrogen-bond acceptors (Lipinski definition) is 3. The lowest BCUT2D eigenvalue weighted by molar-refractivity contribution is -0.126. The first-order valence-corrected chi connectivity index (χ1v) is 5.03. The monoisotopic (exact) mass is 212 g/mol. The average molecular weight is 212 g/mol. The van der Waals surface area contributed by atoms with Gasteiger partial charge in [-0.1, -0.05) is 6.58 Å². The largest absolute Gasteiger partial charge is 0.434 e.